The van der Waals surface area contributed by atoms with Crippen molar-refractivity contribution in [3.63, 3.8) is 0 Å². The van der Waals surface area contributed by atoms with Gasteiger partial charge >= 0.3 is 0 Å². The summed E-state index contributed by atoms with van der Waals surface area (Å²) in [6.07, 6.45) is 13.2. The number of hydrogen-bond donors (Lipinski definition) is 0. The van der Waals surface area contributed by atoms with Crippen molar-refractivity contribution in [2.45, 2.75) is 97.3 Å². The van der Waals surface area contributed by atoms with Crippen molar-refractivity contribution in [3.05, 3.63) is 58.1 Å². The van der Waals surface area contributed by atoms with E-state index in [0.29, 0.717) is 0 Å². The van der Waals surface area contributed by atoms with Crippen molar-refractivity contribution in [2.24, 2.45) is 11.8 Å². The normalized spacial score (nSPS) is 16.2. The molecule has 0 aliphatic heterocycles. The van der Waals surface area contributed by atoms with Gasteiger partial charge in [-0.2, -0.15) is 0 Å². The standard InChI is InChI=1S/C29H41Br/c1-5-9-13-22(7-3)20-29(21-23(8-4)14-10-6-2)27-16-12-11-15-25(27)26-18-17-24(30)19-28(26)29/h11-12,15-19,22-23H,5-10,13-14,20-21H2,1-4H3/t22-,23-/m0/s1. The third-order valence-electron chi connectivity index (χ3n) is 7.59. The molecule has 0 N–H and O–H groups in total. The molecule has 1 aliphatic rings. The molecule has 0 nitrogen and oxygen atoms in total. The van der Waals surface area contributed by atoms with Crippen LogP contribution in [0.2, 0.25) is 0 Å². The Bertz CT molecular complexity index is 788. The van der Waals surface area contributed by atoms with Crippen LogP contribution in [0, 0.1) is 11.8 Å². The fraction of sp³-hybridized carbons (Fsp3) is 0.586. The summed E-state index contributed by atoms with van der Waals surface area (Å²) in [5.74, 6) is 1.60. The molecule has 0 heterocycles. The summed E-state index contributed by atoms with van der Waals surface area (Å²) in [6.45, 7) is 9.48. The van der Waals surface area contributed by atoms with Gasteiger partial charge in [0.1, 0.15) is 0 Å². The van der Waals surface area contributed by atoms with Gasteiger partial charge in [0.25, 0.3) is 0 Å². The van der Waals surface area contributed by atoms with Crippen LogP contribution in [0.3, 0.4) is 0 Å². The fourth-order valence-corrected chi connectivity index (χ4v) is 6.18. The van der Waals surface area contributed by atoms with Gasteiger partial charge in [0.05, 0.1) is 0 Å². The molecule has 3 rings (SSSR count). The molecule has 1 aliphatic carbocycles. The zero-order valence-electron chi connectivity index (χ0n) is 19.6. The average molecular weight is 470 g/mol. The van der Waals surface area contributed by atoms with Crippen molar-refractivity contribution < 1.29 is 0 Å². The lowest BCUT2D eigenvalue weighted by atomic mass is 9.65. The first-order valence-electron chi connectivity index (χ1n) is 12.5. The summed E-state index contributed by atoms with van der Waals surface area (Å²) in [6, 6.07) is 16.4. The lowest BCUT2D eigenvalue weighted by Gasteiger charge is -2.38. The van der Waals surface area contributed by atoms with Crippen molar-refractivity contribution in [3.8, 4) is 11.1 Å². The minimum Gasteiger partial charge on any atom is -0.0654 e. The average Bonchev–Trinajstić information content (AvgIpc) is 3.03. The van der Waals surface area contributed by atoms with Gasteiger partial charge in [0, 0.05) is 9.89 Å². The Morgan fingerprint density at radius 3 is 1.87 bits per heavy atom. The molecule has 0 amide bonds. The van der Waals surface area contributed by atoms with E-state index in [-0.39, 0.29) is 5.41 Å². The topological polar surface area (TPSA) is 0 Å². The first-order chi connectivity index (χ1) is 14.6. The largest absolute Gasteiger partial charge is 0.0654 e. The molecule has 0 aromatic heterocycles. The Hall–Kier alpha value is -1.08. The molecule has 2 atom stereocenters. The van der Waals surface area contributed by atoms with Crippen LogP contribution < -0.4 is 0 Å². The summed E-state index contributed by atoms with van der Waals surface area (Å²) >= 11 is 3.81. The highest BCUT2D eigenvalue weighted by molar-refractivity contribution is 9.10. The Labute approximate surface area is 194 Å². The Morgan fingerprint density at radius 2 is 1.30 bits per heavy atom. The van der Waals surface area contributed by atoms with Gasteiger partial charge in [-0.15, -0.1) is 0 Å². The quantitative estimate of drug-likeness (QED) is 0.290. The minimum absolute atomic E-state index is 0.165. The summed E-state index contributed by atoms with van der Waals surface area (Å²) in [5, 5.41) is 0. The van der Waals surface area contributed by atoms with Gasteiger partial charge in [0.15, 0.2) is 0 Å². The molecule has 0 unspecified atom stereocenters. The molecule has 0 spiro atoms. The number of fused-ring (bicyclic) bond motifs is 3. The Morgan fingerprint density at radius 1 is 0.733 bits per heavy atom. The van der Waals surface area contributed by atoms with E-state index < -0.39 is 0 Å². The molecule has 0 radical (unpaired) electrons. The highest BCUT2D eigenvalue weighted by atomic mass is 79.9. The SMILES string of the molecule is CCCC[C@H](CC)CC1(C[C@@H](CC)CCCC)c2ccccc2-c2ccc(Br)cc21. The van der Waals surface area contributed by atoms with Crippen molar-refractivity contribution in [2.75, 3.05) is 0 Å². The van der Waals surface area contributed by atoms with Crippen LogP contribution in [-0.4, -0.2) is 0 Å². The summed E-state index contributed by atoms with van der Waals surface area (Å²) in [4.78, 5) is 0. The van der Waals surface area contributed by atoms with Crippen LogP contribution in [0.1, 0.15) is 103 Å². The number of hydrogen-bond acceptors (Lipinski definition) is 0. The summed E-state index contributed by atoms with van der Waals surface area (Å²) < 4.78 is 1.22. The molecular weight excluding hydrogens is 428 g/mol. The smallest absolute Gasteiger partial charge is 0.0220 e. The van der Waals surface area contributed by atoms with Gasteiger partial charge in [-0.25, -0.2) is 0 Å². The second-order valence-electron chi connectivity index (χ2n) is 9.56. The van der Waals surface area contributed by atoms with Gasteiger partial charge in [0.2, 0.25) is 0 Å². The van der Waals surface area contributed by atoms with E-state index in [4.69, 9.17) is 0 Å². The van der Waals surface area contributed by atoms with E-state index in [1.54, 1.807) is 11.1 Å². The Balaban J connectivity index is 2.12. The number of unbranched alkanes of at least 4 members (excludes halogenated alkanes) is 2. The van der Waals surface area contributed by atoms with E-state index in [2.05, 4.69) is 86.1 Å². The molecule has 2 aromatic rings. The second-order valence-corrected chi connectivity index (χ2v) is 10.5. The van der Waals surface area contributed by atoms with E-state index in [9.17, 15) is 0 Å². The van der Waals surface area contributed by atoms with Crippen LogP contribution in [0.4, 0.5) is 0 Å². The highest BCUT2D eigenvalue weighted by Gasteiger charge is 2.45. The van der Waals surface area contributed by atoms with Crippen molar-refractivity contribution >= 4 is 15.9 Å². The Kier molecular flexibility index (Phi) is 8.63. The highest BCUT2D eigenvalue weighted by Crippen LogP contribution is 2.56. The zero-order valence-corrected chi connectivity index (χ0v) is 21.2. The number of benzene rings is 2. The maximum atomic E-state index is 3.81. The molecule has 0 saturated heterocycles. The van der Waals surface area contributed by atoms with Crippen LogP contribution in [0.5, 0.6) is 0 Å². The fourth-order valence-electron chi connectivity index (χ4n) is 5.82. The summed E-state index contributed by atoms with van der Waals surface area (Å²) in [5.41, 5.74) is 6.31. The van der Waals surface area contributed by atoms with E-state index >= 15 is 0 Å². The van der Waals surface area contributed by atoms with E-state index in [1.807, 2.05) is 0 Å². The molecule has 164 valence electrons. The van der Waals surface area contributed by atoms with Gasteiger partial charge in [-0.05, 0) is 59.1 Å². The molecule has 0 fully saturated rings. The predicted molar refractivity (Wildman–Crippen MR) is 136 cm³/mol. The molecular formula is C29H41Br. The monoisotopic (exact) mass is 468 g/mol. The zero-order chi connectivity index (χ0) is 21.6. The number of rotatable bonds is 12. The molecule has 2 aromatic carbocycles. The second kappa shape index (κ2) is 11.0. The predicted octanol–water partition coefficient (Wildman–Crippen LogP) is 9.93. The molecule has 0 bridgehead atoms. The lowest BCUT2D eigenvalue weighted by molar-refractivity contribution is 0.266. The summed E-state index contributed by atoms with van der Waals surface area (Å²) in [7, 11) is 0. The van der Waals surface area contributed by atoms with E-state index in [0.717, 1.165) is 11.8 Å². The van der Waals surface area contributed by atoms with Crippen molar-refractivity contribution in [1.29, 1.82) is 0 Å². The first-order valence-corrected chi connectivity index (χ1v) is 13.3. The minimum atomic E-state index is 0.165. The van der Waals surface area contributed by atoms with Gasteiger partial charge in [-0.1, -0.05) is 125 Å². The van der Waals surface area contributed by atoms with Gasteiger partial charge in [-0.3, -0.25) is 0 Å². The third-order valence-corrected chi connectivity index (χ3v) is 8.08. The van der Waals surface area contributed by atoms with E-state index in [1.165, 1.54) is 79.8 Å². The first kappa shape index (κ1) is 23.6. The lowest BCUT2D eigenvalue weighted by Crippen LogP contribution is -2.31. The molecule has 1 heteroatoms. The van der Waals surface area contributed by atoms with Gasteiger partial charge < -0.3 is 0 Å². The maximum absolute atomic E-state index is 3.81. The molecule has 30 heavy (non-hydrogen) atoms. The van der Waals surface area contributed by atoms with Crippen LogP contribution in [0.25, 0.3) is 11.1 Å². The maximum Gasteiger partial charge on any atom is 0.0220 e. The van der Waals surface area contributed by atoms with Crippen LogP contribution in [0.15, 0.2) is 46.9 Å². The third kappa shape index (κ3) is 4.87. The number of halogens is 1. The molecule has 0 saturated carbocycles. The van der Waals surface area contributed by atoms with Crippen LogP contribution in [-0.2, 0) is 5.41 Å². The van der Waals surface area contributed by atoms with Crippen molar-refractivity contribution in [1.82, 2.24) is 0 Å². The van der Waals surface area contributed by atoms with Crippen LogP contribution >= 0.6 is 15.9 Å².